The molecule has 2 heterocycles. The van der Waals surface area contributed by atoms with Crippen molar-refractivity contribution in [2.45, 2.75) is 76.9 Å². The van der Waals surface area contributed by atoms with Gasteiger partial charge in [-0.3, -0.25) is 9.69 Å². The topological polar surface area (TPSA) is 159 Å². The van der Waals surface area contributed by atoms with Crippen LogP contribution in [0.1, 0.15) is 47.1 Å². The largest absolute Gasteiger partial charge is 0.490 e. The van der Waals surface area contributed by atoms with Crippen LogP contribution in [0.5, 0.6) is 5.75 Å². The maximum absolute atomic E-state index is 13.1. The molecule has 0 spiro atoms. The summed E-state index contributed by atoms with van der Waals surface area (Å²) in [5.74, 6) is -1.67. The van der Waals surface area contributed by atoms with E-state index in [1.54, 1.807) is 45.0 Å². The molecule has 1 amide bonds. The van der Waals surface area contributed by atoms with Crippen LogP contribution in [0, 0.1) is 0 Å². The second-order valence-electron chi connectivity index (χ2n) is 12.8. The van der Waals surface area contributed by atoms with Gasteiger partial charge in [0, 0.05) is 32.6 Å². The van der Waals surface area contributed by atoms with E-state index in [-0.39, 0.29) is 32.1 Å². The number of methoxy groups -OCH3 is 1. The molecule has 0 aliphatic carbocycles. The Balaban J connectivity index is 1.59. The first-order chi connectivity index (χ1) is 20.0. The van der Waals surface area contributed by atoms with Gasteiger partial charge in [0.1, 0.15) is 29.6 Å². The highest BCUT2D eigenvalue weighted by Gasteiger charge is 2.46. The Hall–Kier alpha value is -3.42. The van der Waals surface area contributed by atoms with E-state index in [0.717, 1.165) is 20.2 Å². The summed E-state index contributed by atoms with van der Waals surface area (Å²) in [6.45, 7) is 13.8. The molecule has 0 aromatic heterocycles. The summed E-state index contributed by atoms with van der Waals surface area (Å²) < 4.78 is 27.2. The number of esters is 3. The number of hydrogen-bond donors (Lipinski definition) is 2. The fourth-order valence-corrected chi connectivity index (χ4v) is 4.72. The van der Waals surface area contributed by atoms with Gasteiger partial charge in [0.25, 0.3) is 0 Å². The molecule has 2 aliphatic heterocycles. The molecule has 2 saturated heterocycles. The van der Waals surface area contributed by atoms with Crippen LogP contribution in [0.4, 0.5) is 4.79 Å². The molecule has 1 aromatic carbocycles. The number of cyclic esters (lactones) is 1. The van der Waals surface area contributed by atoms with Crippen molar-refractivity contribution in [3.8, 4) is 5.75 Å². The number of nitrogens with two attached hydrogens (primary N) is 1. The average molecular weight is 607 g/mol. The molecular formula is C30H46N4O9. The summed E-state index contributed by atoms with van der Waals surface area (Å²) in [7, 11) is 1.16. The Morgan fingerprint density at radius 3 is 2.16 bits per heavy atom. The van der Waals surface area contributed by atoms with Gasteiger partial charge in [-0.15, -0.1) is 0 Å². The van der Waals surface area contributed by atoms with E-state index >= 15 is 0 Å². The summed E-state index contributed by atoms with van der Waals surface area (Å²) in [6, 6.07) is 6.08. The van der Waals surface area contributed by atoms with E-state index in [2.05, 4.69) is 5.32 Å². The smallest absolute Gasteiger partial charge is 0.410 e. The van der Waals surface area contributed by atoms with Crippen LogP contribution in [-0.2, 0) is 39.8 Å². The fraction of sp³-hybridized carbons (Fsp3) is 0.667. The van der Waals surface area contributed by atoms with Crippen molar-refractivity contribution in [3.63, 3.8) is 0 Å². The summed E-state index contributed by atoms with van der Waals surface area (Å²) in [5, 5.41) is 3.27. The molecule has 3 atom stereocenters. The van der Waals surface area contributed by atoms with E-state index in [1.165, 1.54) is 4.90 Å². The Morgan fingerprint density at radius 1 is 1.00 bits per heavy atom. The first kappa shape index (κ1) is 34.1. The zero-order valence-electron chi connectivity index (χ0n) is 26.3. The van der Waals surface area contributed by atoms with Gasteiger partial charge in [0.15, 0.2) is 6.10 Å². The van der Waals surface area contributed by atoms with Gasteiger partial charge >= 0.3 is 24.0 Å². The van der Waals surface area contributed by atoms with Crippen LogP contribution < -0.4 is 15.8 Å². The van der Waals surface area contributed by atoms with Crippen LogP contribution in [-0.4, -0.2) is 116 Å². The maximum atomic E-state index is 13.1. The van der Waals surface area contributed by atoms with E-state index < -0.39 is 46.9 Å². The van der Waals surface area contributed by atoms with Crippen LogP contribution in [0.15, 0.2) is 24.3 Å². The molecule has 1 aromatic rings. The first-order valence-electron chi connectivity index (χ1n) is 14.5. The number of piperazine rings is 1. The molecule has 13 nitrogen and oxygen atoms in total. The predicted octanol–water partition coefficient (Wildman–Crippen LogP) is 1.26. The number of nitrogens with zero attached hydrogens (tertiary/aromatic N) is 2. The van der Waals surface area contributed by atoms with Gasteiger partial charge in [-0.1, -0.05) is 12.1 Å². The van der Waals surface area contributed by atoms with Gasteiger partial charge in [-0.25, -0.2) is 14.4 Å². The highest BCUT2D eigenvalue weighted by molar-refractivity contribution is 6.05. The number of benzene rings is 1. The zero-order valence-corrected chi connectivity index (χ0v) is 26.3. The second kappa shape index (κ2) is 13.9. The number of hydrogen-bond acceptors (Lipinski definition) is 12. The highest BCUT2D eigenvalue weighted by Crippen LogP contribution is 2.22. The molecule has 0 saturated carbocycles. The molecule has 13 heteroatoms. The molecule has 0 bridgehead atoms. The molecular weight excluding hydrogens is 560 g/mol. The summed E-state index contributed by atoms with van der Waals surface area (Å²) in [5.41, 5.74) is 3.28. The van der Waals surface area contributed by atoms with Crippen LogP contribution in [0.25, 0.3) is 0 Å². The van der Waals surface area contributed by atoms with Crippen molar-refractivity contribution >= 4 is 24.0 Å². The maximum Gasteiger partial charge on any atom is 0.410 e. The number of carbonyl (C=O) groups is 4. The summed E-state index contributed by atoms with van der Waals surface area (Å²) in [4.78, 5) is 54.5. The lowest BCUT2D eigenvalue weighted by Gasteiger charge is -2.36. The highest BCUT2D eigenvalue weighted by atomic mass is 16.6. The molecule has 3 unspecified atom stereocenters. The minimum Gasteiger partial charge on any atom is -0.490 e. The number of ether oxygens (including phenoxy) is 5. The quantitative estimate of drug-likeness (QED) is 0.211. The molecule has 2 fully saturated rings. The molecule has 3 rings (SSSR count). The van der Waals surface area contributed by atoms with E-state index in [1.807, 2.05) is 25.7 Å². The van der Waals surface area contributed by atoms with Gasteiger partial charge in [0.05, 0.1) is 20.2 Å². The minimum absolute atomic E-state index is 0.0905. The summed E-state index contributed by atoms with van der Waals surface area (Å²) >= 11 is 0. The van der Waals surface area contributed by atoms with Crippen molar-refractivity contribution in [2.24, 2.45) is 5.73 Å². The van der Waals surface area contributed by atoms with Gasteiger partial charge in [-0.2, -0.15) is 0 Å². The first-order valence-corrected chi connectivity index (χ1v) is 14.5. The Kier molecular flexibility index (Phi) is 11.0. The monoisotopic (exact) mass is 606 g/mol. The lowest BCUT2D eigenvalue weighted by atomic mass is 9.91. The number of amides is 1. The van der Waals surface area contributed by atoms with Crippen molar-refractivity contribution < 1.29 is 42.9 Å². The number of nitrogens with one attached hydrogen (secondary N) is 1. The lowest BCUT2D eigenvalue weighted by molar-refractivity contribution is -0.170. The van der Waals surface area contributed by atoms with Crippen molar-refractivity contribution in [3.05, 3.63) is 29.8 Å². The Morgan fingerprint density at radius 2 is 1.60 bits per heavy atom. The minimum atomic E-state index is -2.02. The van der Waals surface area contributed by atoms with Gasteiger partial charge < -0.3 is 39.6 Å². The predicted molar refractivity (Wildman–Crippen MR) is 156 cm³/mol. The SMILES string of the molecule is COC(=O)C(N)(Cc1ccc(OCC2CN(CC(C(=O)OC(C)(C)C)N3CCNCC3)C(=O)O2)cc1)C(=O)OC(C)(C)C. The molecule has 3 N–H and O–H groups in total. The molecule has 2 aliphatic rings. The third-order valence-corrected chi connectivity index (χ3v) is 6.77. The van der Waals surface area contributed by atoms with E-state index in [4.69, 9.17) is 29.4 Å². The third-order valence-electron chi connectivity index (χ3n) is 6.77. The second-order valence-corrected chi connectivity index (χ2v) is 12.8. The lowest BCUT2D eigenvalue weighted by Crippen LogP contribution is -2.59. The third kappa shape index (κ3) is 9.80. The van der Waals surface area contributed by atoms with Crippen LogP contribution >= 0.6 is 0 Å². The molecule has 43 heavy (non-hydrogen) atoms. The van der Waals surface area contributed by atoms with E-state index in [9.17, 15) is 19.2 Å². The summed E-state index contributed by atoms with van der Waals surface area (Å²) in [6.07, 6.45) is -1.20. The Bertz CT molecular complexity index is 1140. The van der Waals surface area contributed by atoms with E-state index in [0.29, 0.717) is 24.4 Å². The van der Waals surface area contributed by atoms with Crippen molar-refractivity contribution in [1.29, 1.82) is 0 Å². The van der Waals surface area contributed by atoms with Crippen LogP contribution in [0.3, 0.4) is 0 Å². The fourth-order valence-electron chi connectivity index (χ4n) is 4.72. The van der Waals surface area contributed by atoms with Crippen LogP contribution in [0.2, 0.25) is 0 Å². The standard InChI is InChI=1S/C30H46N4O9/c1-28(2,3)42-24(35)23(33-14-12-32-13-15-33)18-34-17-22(41-27(34)38)19-40-21-10-8-20(9-11-21)16-30(31,25(36)39-7)26(37)43-29(4,5)6/h8-11,22-23,32H,12-19,31H2,1-7H3. The molecule has 0 radical (unpaired) electrons. The van der Waals surface area contributed by atoms with Crippen molar-refractivity contribution in [2.75, 3.05) is 53.0 Å². The normalized spacial score (nSPS) is 20.0. The van der Waals surface area contributed by atoms with Gasteiger partial charge in [-0.05, 0) is 59.2 Å². The number of rotatable bonds is 11. The average Bonchev–Trinajstić information content (AvgIpc) is 3.28. The number of carbonyl (C=O) groups excluding carboxylic acids is 4. The Labute approximate surface area is 253 Å². The zero-order chi connectivity index (χ0) is 32.0. The van der Waals surface area contributed by atoms with Gasteiger partial charge in [0.2, 0.25) is 5.54 Å². The van der Waals surface area contributed by atoms with Crippen molar-refractivity contribution in [1.82, 2.24) is 15.1 Å². The molecule has 240 valence electrons.